The summed E-state index contributed by atoms with van der Waals surface area (Å²) in [6.45, 7) is 1.21. The number of hydrogen-bond acceptors (Lipinski definition) is 4. The number of fused-ring (bicyclic) bond motifs is 1. The Kier molecular flexibility index (Phi) is 3.80. The minimum absolute atomic E-state index is 0.113. The van der Waals surface area contributed by atoms with Crippen molar-refractivity contribution in [3.05, 3.63) is 40.3 Å². The molecule has 1 heterocycles. The Morgan fingerprint density at radius 3 is 2.85 bits per heavy atom. The maximum atomic E-state index is 12.1. The molecule has 106 valence electrons. The molecule has 2 N–H and O–H groups in total. The summed E-state index contributed by atoms with van der Waals surface area (Å²) in [7, 11) is 0. The minimum Gasteiger partial charge on any atom is -0.395 e. The number of aliphatic hydroxyl groups is 1. The van der Waals surface area contributed by atoms with Crippen LogP contribution in [0.4, 0.5) is 0 Å². The SMILES string of the molecule is O=c1[nH]c2ccccc2nc1CN(CCO)C1CCC1. The normalized spacial score (nSPS) is 15.7. The van der Waals surface area contributed by atoms with Crippen LogP contribution in [-0.4, -0.2) is 39.2 Å². The van der Waals surface area contributed by atoms with Gasteiger partial charge in [0.1, 0.15) is 5.69 Å². The number of H-pyrrole nitrogens is 1. The maximum Gasteiger partial charge on any atom is 0.271 e. The molecule has 0 amide bonds. The third-order valence-electron chi connectivity index (χ3n) is 4.00. The van der Waals surface area contributed by atoms with Gasteiger partial charge in [-0.2, -0.15) is 0 Å². The molecule has 1 aliphatic rings. The smallest absolute Gasteiger partial charge is 0.271 e. The number of para-hydroxylation sites is 2. The van der Waals surface area contributed by atoms with Crippen LogP contribution in [0.5, 0.6) is 0 Å². The first-order valence-corrected chi connectivity index (χ1v) is 7.11. The summed E-state index contributed by atoms with van der Waals surface area (Å²) in [6, 6.07) is 8.02. The molecule has 0 radical (unpaired) electrons. The largest absolute Gasteiger partial charge is 0.395 e. The van der Waals surface area contributed by atoms with Crippen molar-refractivity contribution in [1.29, 1.82) is 0 Å². The van der Waals surface area contributed by atoms with E-state index in [1.807, 2.05) is 24.3 Å². The zero-order valence-corrected chi connectivity index (χ0v) is 11.4. The Hall–Kier alpha value is -1.72. The summed E-state index contributed by atoms with van der Waals surface area (Å²) in [6.07, 6.45) is 3.52. The molecular weight excluding hydrogens is 254 g/mol. The van der Waals surface area contributed by atoms with E-state index in [4.69, 9.17) is 0 Å². The third kappa shape index (κ3) is 2.59. The summed E-state index contributed by atoms with van der Waals surface area (Å²) in [5.41, 5.74) is 1.97. The number of aliphatic hydroxyl groups excluding tert-OH is 1. The topological polar surface area (TPSA) is 69.2 Å². The summed E-state index contributed by atoms with van der Waals surface area (Å²) < 4.78 is 0. The molecule has 0 aliphatic heterocycles. The average Bonchev–Trinajstić information content (AvgIpc) is 2.38. The van der Waals surface area contributed by atoms with Crippen LogP contribution in [0.1, 0.15) is 25.0 Å². The lowest BCUT2D eigenvalue weighted by Gasteiger charge is -2.36. The van der Waals surface area contributed by atoms with Gasteiger partial charge in [0.2, 0.25) is 0 Å². The number of benzene rings is 1. The van der Waals surface area contributed by atoms with Gasteiger partial charge in [-0.15, -0.1) is 0 Å². The third-order valence-corrected chi connectivity index (χ3v) is 4.00. The van der Waals surface area contributed by atoms with Crippen LogP contribution in [0.25, 0.3) is 11.0 Å². The van der Waals surface area contributed by atoms with Gasteiger partial charge in [-0.3, -0.25) is 9.69 Å². The lowest BCUT2D eigenvalue weighted by atomic mass is 9.91. The van der Waals surface area contributed by atoms with E-state index < -0.39 is 0 Å². The summed E-state index contributed by atoms with van der Waals surface area (Å²) in [5, 5.41) is 9.18. The molecule has 0 unspecified atom stereocenters. The zero-order valence-electron chi connectivity index (χ0n) is 11.4. The molecule has 2 aromatic rings. The van der Waals surface area contributed by atoms with Crippen molar-refractivity contribution in [3.63, 3.8) is 0 Å². The molecule has 0 bridgehead atoms. The molecule has 0 spiro atoms. The Morgan fingerprint density at radius 1 is 1.35 bits per heavy atom. The molecule has 0 saturated heterocycles. The first kappa shape index (κ1) is 13.3. The van der Waals surface area contributed by atoms with E-state index in [-0.39, 0.29) is 12.2 Å². The number of nitrogens with one attached hydrogen (secondary N) is 1. The van der Waals surface area contributed by atoms with Crippen molar-refractivity contribution in [1.82, 2.24) is 14.9 Å². The number of nitrogens with zero attached hydrogens (tertiary/aromatic N) is 2. The van der Waals surface area contributed by atoms with Crippen LogP contribution < -0.4 is 5.56 Å². The molecule has 1 fully saturated rings. The number of aromatic amines is 1. The second-order valence-corrected chi connectivity index (χ2v) is 5.31. The number of aromatic nitrogens is 2. The highest BCUT2D eigenvalue weighted by Gasteiger charge is 2.25. The fraction of sp³-hybridized carbons (Fsp3) is 0.467. The highest BCUT2D eigenvalue weighted by atomic mass is 16.3. The molecule has 5 nitrogen and oxygen atoms in total. The van der Waals surface area contributed by atoms with Crippen molar-refractivity contribution in [2.45, 2.75) is 31.8 Å². The Labute approximate surface area is 117 Å². The second-order valence-electron chi connectivity index (χ2n) is 5.31. The first-order chi connectivity index (χ1) is 9.78. The van der Waals surface area contributed by atoms with Gasteiger partial charge in [0.05, 0.1) is 17.6 Å². The summed E-state index contributed by atoms with van der Waals surface area (Å²) in [5.74, 6) is 0. The van der Waals surface area contributed by atoms with Crippen molar-refractivity contribution in [3.8, 4) is 0 Å². The zero-order chi connectivity index (χ0) is 13.9. The quantitative estimate of drug-likeness (QED) is 0.861. The maximum absolute atomic E-state index is 12.1. The highest BCUT2D eigenvalue weighted by Crippen LogP contribution is 2.25. The van der Waals surface area contributed by atoms with E-state index in [9.17, 15) is 9.90 Å². The molecule has 1 saturated carbocycles. The second kappa shape index (κ2) is 5.73. The van der Waals surface area contributed by atoms with Gasteiger partial charge in [0.25, 0.3) is 5.56 Å². The highest BCUT2D eigenvalue weighted by molar-refractivity contribution is 5.73. The van der Waals surface area contributed by atoms with Gasteiger partial charge in [-0.1, -0.05) is 18.6 Å². The van der Waals surface area contributed by atoms with Crippen LogP contribution in [0.2, 0.25) is 0 Å². The number of rotatable bonds is 5. The Balaban J connectivity index is 1.88. The fourth-order valence-electron chi connectivity index (χ4n) is 2.64. The summed E-state index contributed by atoms with van der Waals surface area (Å²) in [4.78, 5) is 21.6. The monoisotopic (exact) mass is 273 g/mol. The molecule has 20 heavy (non-hydrogen) atoms. The molecule has 0 atom stereocenters. The standard InChI is InChI=1S/C15H19N3O2/c19-9-8-18(11-4-3-5-11)10-14-15(20)17-13-7-2-1-6-12(13)16-14/h1-2,6-7,11,19H,3-5,8-10H2,(H,17,20). The van der Waals surface area contributed by atoms with Gasteiger partial charge in [-0.25, -0.2) is 4.98 Å². The van der Waals surface area contributed by atoms with E-state index in [0.717, 1.165) is 23.9 Å². The molecular formula is C15H19N3O2. The van der Waals surface area contributed by atoms with Gasteiger partial charge >= 0.3 is 0 Å². The first-order valence-electron chi connectivity index (χ1n) is 7.11. The average molecular weight is 273 g/mol. The van der Waals surface area contributed by atoms with E-state index >= 15 is 0 Å². The van der Waals surface area contributed by atoms with E-state index in [1.54, 1.807) is 0 Å². The van der Waals surface area contributed by atoms with Crippen LogP contribution in [0.15, 0.2) is 29.1 Å². The predicted molar refractivity (Wildman–Crippen MR) is 77.5 cm³/mol. The van der Waals surface area contributed by atoms with Crippen LogP contribution in [0.3, 0.4) is 0 Å². The van der Waals surface area contributed by atoms with Crippen molar-refractivity contribution >= 4 is 11.0 Å². The minimum atomic E-state index is -0.133. The molecule has 1 aromatic carbocycles. The van der Waals surface area contributed by atoms with Crippen molar-refractivity contribution in [2.24, 2.45) is 0 Å². The van der Waals surface area contributed by atoms with Gasteiger partial charge in [-0.05, 0) is 25.0 Å². The Morgan fingerprint density at radius 2 is 2.15 bits per heavy atom. The number of hydrogen-bond donors (Lipinski definition) is 2. The molecule has 1 aliphatic carbocycles. The van der Waals surface area contributed by atoms with Crippen molar-refractivity contribution < 1.29 is 5.11 Å². The molecule has 3 rings (SSSR count). The van der Waals surface area contributed by atoms with Crippen LogP contribution in [-0.2, 0) is 6.54 Å². The summed E-state index contributed by atoms with van der Waals surface area (Å²) >= 11 is 0. The van der Waals surface area contributed by atoms with Gasteiger partial charge < -0.3 is 10.1 Å². The molecule has 5 heteroatoms. The predicted octanol–water partition coefficient (Wildman–Crippen LogP) is 1.27. The fourth-order valence-corrected chi connectivity index (χ4v) is 2.64. The van der Waals surface area contributed by atoms with Gasteiger partial charge in [0.15, 0.2) is 0 Å². The Bertz CT molecular complexity index is 649. The van der Waals surface area contributed by atoms with Crippen molar-refractivity contribution in [2.75, 3.05) is 13.2 Å². The van der Waals surface area contributed by atoms with E-state index in [1.165, 1.54) is 6.42 Å². The van der Waals surface area contributed by atoms with Crippen LogP contribution >= 0.6 is 0 Å². The lowest BCUT2D eigenvalue weighted by Crippen LogP contribution is -2.42. The van der Waals surface area contributed by atoms with E-state index in [0.29, 0.717) is 24.8 Å². The van der Waals surface area contributed by atoms with Crippen LogP contribution in [0, 0.1) is 0 Å². The molecule has 1 aromatic heterocycles. The van der Waals surface area contributed by atoms with E-state index in [2.05, 4.69) is 14.9 Å². The van der Waals surface area contributed by atoms with Gasteiger partial charge in [0, 0.05) is 19.1 Å². The lowest BCUT2D eigenvalue weighted by molar-refractivity contribution is 0.0930.